The zero-order valence-corrected chi connectivity index (χ0v) is 24.3. The fourth-order valence-corrected chi connectivity index (χ4v) is 6.30. The van der Waals surface area contributed by atoms with Crippen LogP contribution in [0, 0.1) is 5.41 Å². The van der Waals surface area contributed by atoms with E-state index in [1.807, 2.05) is 24.4 Å². The van der Waals surface area contributed by atoms with Crippen LogP contribution in [0.3, 0.4) is 0 Å². The average molecular weight is 559 g/mol. The summed E-state index contributed by atoms with van der Waals surface area (Å²) < 4.78 is 5.41. The molecular weight excluding hydrogens is 516 g/mol. The summed E-state index contributed by atoms with van der Waals surface area (Å²) in [6.07, 6.45) is 9.11. The summed E-state index contributed by atoms with van der Waals surface area (Å²) in [5, 5.41) is 10.8. The molecule has 1 aliphatic carbocycles. The van der Waals surface area contributed by atoms with Crippen molar-refractivity contribution in [2.45, 2.75) is 109 Å². The van der Waals surface area contributed by atoms with E-state index in [9.17, 15) is 19.2 Å². The molecule has 9 nitrogen and oxygen atoms in total. The molecule has 214 valence electrons. The zero-order chi connectivity index (χ0) is 28.3. The van der Waals surface area contributed by atoms with Crippen molar-refractivity contribution in [3.8, 4) is 0 Å². The average Bonchev–Trinajstić information content (AvgIpc) is 3.29. The van der Waals surface area contributed by atoms with Gasteiger partial charge in [-0.3, -0.25) is 14.4 Å². The number of nitrogens with one attached hydrogen (secondary N) is 3. The Morgan fingerprint density at radius 1 is 1.18 bits per heavy atom. The zero-order valence-electron chi connectivity index (χ0n) is 23.5. The van der Waals surface area contributed by atoms with Crippen LogP contribution in [0.15, 0.2) is 29.7 Å². The van der Waals surface area contributed by atoms with Gasteiger partial charge in [-0.05, 0) is 70.7 Å². The van der Waals surface area contributed by atoms with Crippen LogP contribution in [0.4, 0.5) is 4.79 Å². The van der Waals surface area contributed by atoms with Gasteiger partial charge in [0, 0.05) is 16.8 Å². The second kappa shape index (κ2) is 11.7. The molecule has 1 unspecified atom stereocenters. The number of fused-ring (bicyclic) bond motifs is 2. The van der Waals surface area contributed by atoms with E-state index in [1.54, 1.807) is 37.0 Å². The number of rotatable bonds is 4. The molecule has 4 atom stereocenters. The first-order valence-corrected chi connectivity index (χ1v) is 14.9. The third-order valence-electron chi connectivity index (χ3n) is 7.89. The lowest BCUT2D eigenvalue weighted by Crippen LogP contribution is -2.58. The number of alkyl carbamates (subject to hydrolysis) is 1. The minimum absolute atomic E-state index is 0.207. The molecule has 2 fully saturated rings. The molecule has 1 saturated heterocycles. The molecule has 3 aliphatic rings. The molecule has 0 spiro atoms. The Labute approximate surface area is 235 Å². The van der Waals surface area contributed by atoms with Gasteiger partial charge in [-0.15, -0.1) is 11.3 Å². The van der Waals surface area contributed by atoms with Crippen molar-refractivity contribution in [1.82, 2.24) is 20.9 Å². The van der Waals surface area contributed by atoms with Crippen molar-refractivity contribution in [2.75, 3.05) is 6.54 Å². The Hall–Kier alpha value is -2.88. The first kappa shape index (κ1) is 29.1. The minimum Gasteiger partial charge on any atom is -0.444 e. The summed E-state index contributed by atoms with van der Waals surface area (Å²) in [6, 6.07) is 2.44. The largest absolute Gasteiger partial charge is 0.444 e. The van der Waals surface area contributed by atoms with Crippen molar-refractivity contribution in [3.63, 3.8) is 0 Å². The molecule has 0 radical (unpaired) electrons. The summed E-state index contributed by atoms with van der Waals surface area (Å²) in [5.74, 6) is -0.808. The van der Waals surface area contributed by atoms with Gasteiger partial charge in [0.05, 0.1) is 6.54 Å². The maximum atomic E-state index is 13.7. The van der Waals surface area contributed by atoms with Crippen LogP contribution in [0.2, 0.25) is 0 Å². The maximum Gasteiger partial charge on any atom is 0.408 e. The Bertz CT molecular complexity index is 1100. The van der Waals surface area contributed by atoms with Crippen LogP contribution in [0.25, 0.3) is 0 Å². The van der Waals surface area contributed by atoms with Crippen molar-refractivity contribution in [1.29, 1.82) is 0 Å². The Balaban J connectivity index is 1.54. The normalized spacial score (nSPS) is 30.6. The lowest BCUT2D eigenvalue weighted by molar-refractivity contribution is -0.141. The number of carbonyl (C=O) groups is 4. The number of ether oxygens (including phenoxy) is 1. The molecule has 4 amide bonds. The minimum atomic E-state index is -1.07. The maximum absolute atomic E-state index is 13.7. The van der Waals surface area contributed by atoms with Crippen LogP contribution in [-0.4, -0.2) is 58.5 Å². The number of thiophene rings is 1. The summed E-state index contributed by atoms with van der Waals surface area (Å²) in [6.45, 7) is 8.16. The first-order valence-electron chi connectivity index (χ1n) is 14.0. The Morgan fingerprint density at radius 2 is 1.97 bits per heavy atom. The van der Waals surface area contributed by atoms with Crippen LogP contribution < -0.4 is 16.0 Å². The van der Waals surface area contributed by atoms with Crippen molar-refractivity contribution in [3.05, 3.63) is 34.5 Å². The SMILES string of the molecule is CC(C)(C)OC(=O)N[C@H]1CCCCC/C=C\C2(C)C[C@@]2(C(=O)NCc2cccs2)NC(=O)[C@@H]2CCCN2C1=O. The van der Waals surface area contributed by atoms with Crippen molar-refractivity contribution < 1.29 is 23.9 Å². The van der Waals surface area contributed by atoms with Gasteiger partial charge in [-0.2, -0.15) is 0 Å². The molecule has 1 aromatic rings. The smallest absolute Gasteiger partial charge is 0.408 e. The van der Waals surface area contributed by atoms with E-state index in [0.29, 0.717) is 38.8 Å². The number of hydrogen-bond donors (Lipinski definition) is 3. The monoisotopic (exact) mass is 558 g/mol. The van der Waals surface area contributed by atoms with Gasteiger partial charge < -0.3 is 25.6 Å². The third-order valence-corrected chi connectivity index (χ3v) is 8.76. The molecule has 1 saturated carbocycles. The molecule has 0 aromatic carbocycles. The highest BCUT2D eigenvalue weighted by Gasteiger charge is 2.69. The highest BCUT2D eigenvalue weighted by molar-refractivity contribution is 7.09. The highest BCUT2D eigenvalue weighted by Crippen LogP contribution is 2.57. The van der Waals surface area contributed by atoms with E-state index in [1.165, 1.54) is 0 Å². The van der Waals surface area contributed by atoms with E-state index in [0.717, 1.165) is 30.6 Å². The van der Waals surface area contributed by atoms with Crippen LogP contribution in [0.5, 0.6) is 0 Å². The molecule has 0 bridgehead atoms. The predicted molar refractivity (Wildman–Crippen MR) is 150 cm³/mol. The van der Waals surface area contributed by atoms with Crippen molar-refractivity contribution in [2.24, 2.45) is 5.41 Å². The topological polar surface area (TPSA) is 117 Å². The Kier molecular flexibility index (Phi) is 8.73. The summed E-state index contributed by atoms with van der Waals surface area (Å²) in [7, 11) is 0. The number of allylic oxidation sites excluding steroid dienone is 1. The van der Waals surface area contributed by atoms with Crippen LogP contribution in [-0.2, 0) is 25.7 Å². The van der Waals surface area contributed by atoms with Gasteiger partial charge in [0.1, 0.15) is 23.2 Å². The standard InChI is InChI=1S/C29H42N4O5S/c1-27(2,3)38-26(37)31-21-13-8-6-5-7-9-15-28(4)19-29(28,25(36)30-18-20-12-11-17-39-20)32-23(34)22-14-10-16-33(22)24(21)35/h9,11-12,15,17,21-22H,5-8,10,13-14,16,18-19H2,1-4H3,(H,30,36)(H,31,37)(H,32,34)/b15-9-/t21-,22-,28?,29-/m0/s1. The second-order valence-electron chi connectivity index (χ2n) is 12.2. The van der Waals surface area contributed by atoms with Crippen LogP contribution in [0.1, 0.15) is 83.9 Å². The summed E-state index contributed by atoms with van der Waals surface area (Å²) >= 11 is 1.57. The third kappa shape index (κ3) is 6.83. The number of amides is 4. The van der Waals surface area contributed by atoms with Crippen molar-refractivity contribution >= 4 is 35.2 Å². The van der Waals surface area contributed by atoms with Gasteiger partial charge in [-0.25, -0.2) is 4.79 Å². The first-order chi connectivity index (χ1) is 18.4. The number of hydrogen-bond acceptors (Lipinski definition) is 6. The van der Waals surface area contributed by atoms with Gasteiger partial charge in [0.2, 0.25) is 17.7 Å². The van der Waals surface area contributed by atoms with Gasteiger partial charge >= 0.3 is 6.09 Å². The predicted octanol–water partition coefficient (Wildman–Crippen LogP) is 4.03. The molecule has 39 heavy (non-hydrogen) atoms. The van der Waals surface area contributed by atoms with E-state index in [2.05, 4.69) is 28.1 Å². The van der Waals surface area contributed by atoms with E-state index in [-0.39, 0.29) is 17.7 Å². The van der Waals surface area contributed by atoms with Gasteiger partial charge in [0.25, 0.3) is 0 Å². The van der Waals surface area contributed by atoms with Gasteiger partial charge in [-0.1, -0.05) is 38.0 Å². The fourth-order valence-electron chi connectivity index (χ4n) is 5.66. The molecule has 3 N–H and O–H groups in total. The number of carbonyl (C=O) groups excluding carboxylic acids is 4. The van der Waals surface area contributed by atoms with E-state index >= 15 is 0 Å². The van der Waals surface area contributed by atoms with Gasteiger partial charge in [0.15, 0.2) is 0 Å². The molecule has 3 heterocycles. The number of nitrogens with zero attached hydrogens (tertiary/aromatic N) is 1. The highest BCUT2D eigenvalue weighted by atomic mass is 32.1. The molecule has 1 aromatic heterocycles. The lowest BCUT2D eigenvalue weighted by Gasteiger charge is -2.31. The Morgan fingerprint density at radius 3 is 2.69 bits per heavy atom. The molecule has 10 heteroatoms. The quantitative estimate of drug-likeness (QED) is 0.483. The summed E-state index contributed by atoms with van der Waals surface area (Å²) in [4.78, 5) is 56.1. The van der Waals surface area contributed by atoms with Crippen LogP contribution >= 0.6 is 11.3 Å². The summed E-state index contributed by atoms with van der Waals surface area (Å²) in [5.41, 5.74) is -2.26. The second-order valence-corrected chi connectivity index (χ2v) is 13.2. The molecule has 2 aliphatic heterocycles. The fraction of sp³-hybridized carbons (Fsp3) is 0.655. The lowest BCUT2D eigenvalue weighted by atomic mass is 9.98. The molecule has 4 rings (SSSR count). The van der Waals surface area contributed by atoms with E-state index in [4.69, 9.17) is 4.74 Å². The van der Waals surface area contributed by atoms with E-state index < -0.39 is 34.7 Å². The molecular formula is C29H42N4O5S.